The van der Waals surface area contributed by atoms with Crippen molar-refractivity contribution in [3.63, 3.8) is 0 Å². The van der Waals surface area contributed by atoms with Gasteiger partial charge in [0.15, 0.2) is 0 Å². The minimum atomic E-state index is -4.67. The Kier molecular flexibility index (Phi) is 8.51. The third-order valence-corrected chi connectivity index (χ3v) is 7.55. The number of nitrogens with zero attached hydrogens (tertiary/aromatic N) is 3. The van der Waals surface area contributed by atoms with Gasteiger partial charge in [-0.25, -0.2) is 4.98 Å². The molecule has 1 saturated carbocycles. The van der Waals surface area contributed by atoms with Gasteiger partial charge in [0.1, 0.15) is 17.1 Å². The van der Waals surface area contributed by atoms with Crippen molar-refractivity contribution in [3.05, 3.63) is 47.3 Å². The summed E-state index contributed by atoms with van der Waals surface area (Å²) in [6, 6.07) is 6.44. The van der Waals surface area contributed by atoms with E-state index in [1.807, 2.05) is 0 Å². The van der Waals surface area contributed by atoms with Crippen LogP contribution in [0.4, 0.5) is 24.5 Å². The number of aromatic nitrogens is 1. The maximum absolute atomic E-state index is 13.1. The molecule has 11 heteroatoms. The van der Waals surface area contributed by atoms with Crippen LogP contribution in [0.2, 0.25) is 0 Å². The van der Waals surface area contributed by atoms with Crippen LogP contribution in [0.1, 0.15) is 61.3 Å². The molecule has 2 fully saturated rings. The lowest BCUT2D eigenvalue weighted by Gasteiger charge is -2.40. The van der Waals surface area contributed by atoms with Gasteiger partial charge in [-0.05, 0) is 89.7 Å². The summed E-state index contributed by atoms with van der Waals surface area (Å²) in [6.07, 6.45) is 0.402. The highest BCUT2D eigenvalue weighted by molar-refractivity contribution is 6.04. The highest BCUT2D eigenvalue weighted by Gasteiger charge is 2.38. The monoisotopic (exact) mass is 547 g/mol. The Hall–Kier alpha value is -3.18. The molecule has 0 atom stereocenters. The van der Waals surface area contributed by atoms with Crippen molar-refractivity contribution in [2.75, 3.05) is 37.8 Å². The fourth-order valence-corrected chi connectivity index (χ4v) is 4.75. The highest BCUT2D eigenvalue weighted by Crippen LogP contribution is 2.38. The van der Waals surface area contributed by atoms with Crippen molar-refractivity contribution in [3.8, 4) is 5.75 Å². The average molecular weight is 548 g/mol. The number of amides is 1. The van der Waals surface area contributed by atoms with E-state index >= 15 is 0 Å². The SMILES string of the molecule is CN1CCC(COc2cc(N)c(C=NC3CC(C(C)(C)O)C3)cc2NC(=O)c2cccc(C(F)(F)F)n2)CC1. The maximum Gasteiger partial charge on any atom is 0.433 e. The number of hydrogen-bond donors (Lipinski definition) is 3. The lowest BCUT2D eigenvalue weighted by molar-refractivity contribution is -0.141. The molecule has 4 rings (SSSR count). The molecule has 0 unspecified atom stereocenters. The van der Waals surface area contributed by atoms with Crippen LogP contribution >= 0.6 is 0 Å². The number of hydrogen-bond acceptors (Lipinski definition) is 7. The van der Waals surface area contributed by atoms with Gasteiger partial charge in [-0.15, -0.1) is 0 Å². The second-order valence-electron chi connectivity index (χ2n) is 11.1. The third kappa shape index (κ3) is 7.48. The molecule has 0 bridgehead atoms. The minimum absolute atomic E-state index is 0.0496. The van der Waals surface area contributed by atoms with Crippen LogP contribution in [0.25, 0.3) is 0 Å². The number of aliphatic imine (C=N–C) groups is 1. The van der Waals surface area contributed by atoms with Crippen molar-refractivity contribution < 1.29 is 27.8 Å². The lowest BCUT2D eigenvalue weighted by atomic mass is 9.71. The normalized spacial score (nSPS) is 21.1. The van der Waals surface area contributed by atoms with E-state index < -0.39 is 23.4 Å². The Morgan fingerprint density at radius 2 is 1.95 bits per heavy atom. The van der Waals surface area contributed by atoms with E-state index in [0.717, 1.165) is 50.9 Å². The average Bonchev–Trinajstić information content (AvgIpc) is 2.83. The number of rotatable bonds is 8. The predicted octanol–water partition coefficient (Wildman–Crippen LogP) is 4.62. The number of ether oxygens (including phenoxy) is 1. The quantitative estimate of drug-likeness (QED) is 0.328. The molecule has 1 saturated heterocycles. The smallest absolute Gasteiger partial charge is 0.433 e. The van der Waals surface area contributed by atoms with Gasteiger partial charge in [0.05, 0.1) is 23.9 Å². The number of anilines is 2. The van der Waals surface area contributed by atoms with Gasteiger partial charge < -0.3 is 25.8 Å². The summed E-state index contributed by atoms with van der Waals surface area (Å²) in [4.78, 5) is 23.3. The zero-order valence-corrected chi connectivity index (χ0v) is 22.5. The number of aliphatic hydroxyl groups is 1. The molecule has 1 aromatic carbocycles. The predicted molar refractivity (Wildman–Crippen MR) is 144 cm³/mol. The first-order chi connectivity index (χ1) is 18.3. The minimum Gasteiger partial charge on any atom is -0.491 e. The third-order valence-electron chi connectivity index (χ3n) is 7.55. The van der Waals surface area contributed by atoms with E-state index in [-0.39, 0.29) is 23.3 Å². The van der Waals surface area contributed by atoms with E-state index in [9.17, 15) is 23.1 Å². The Balaban J connectivity index is 1.54. The highest BCUT2D eigenvalue weighted by atomic mass is 19.4. The van der Waals surface area contributed by atoms with Crippen LogP contribution in [-0.4, -0.2) is 65.5 Å². The Bertz CT molecular complexity index is 1200. The number of piperidine rings is 1. The fourth-order valence-electron chi connectivity index (χ4n) is 4.75. The van der Waals surface area contributed by atoms with Crippen LogP contribution in [0, 0.1) is 11.8 Å². The summed E-state index contributed by atoms with van der Waals surface area (Å²) in [5, 5.41) is 12.8. The van der Waals surface area contributed by atoms with Crippen molar-refractivity contribution in [1.82, 2.24) is 9.88 Å². The van der Waals surface area contributed by atoms with E-state index in [2.05, 4.69) is 27.2 Å². The molecule has 0 radical (unpaired) electrons. The summed E-state index contributed by atoms with van der Waals surface area (Å²) in [5.41, 5.74) is 5.23. The standard InChI is InChI=1S/C28H36F3N5O3/c1-27(2,38)19-12-20(13-19)33-15-18-11-23(35-26(37)22-5-4-6-25(34-22)28(29,30)31)24(14-21(18)32)39-16-17-7-9-36(3)10-8-17/h4-6,11,14-15,17,19-20,38H,7-10,12-13,16,32H2,1-3H3,(H,35,37). The molecule has 0 spiro atoms. The molecular weight excluding hydrogens is 511 g/mol. The lowest BCUT2D eigenvalue weighted by Crippen LogP contribution is -2.42. The van der Waals surface area contributed by atoms with Gasteiger partial charge in [0, 0.05) is 23.5 Å². The zero-order chi connectivity index (χ0) is 28.4. The summed E-state index contributed by atoms with van der Waals surface area (Å²) >= 11 is 0. The van der Waals surface area contributed by atoms with Gasteiger partial charge in [-0.3, -0.25) is 9.79 Å². The van der Waals surface area contributed by atoms with Gasteiger partial charge in [-0.2, -0.15) is 13.2 Å². The largest absolute Gasteiger partial charge is 0.491 e. The van der Waals surface area contributed by atoms with E-state index in [0.29, 0.717) is 29.5 Å². The Labute approximate surface area is 226 Å². The Morgan fingerprint density at radius 1 is 1.26 bits per heavy atom. The molecule has 212 valence electrons. The van der Waals surface area contributed by atoms with Gasteiger partial charge in [0.25, 0.3) is 5.91 Å². The second-order valence-corrected chi connectivity index (χ2v) is 11.1. The zero-order valence-electron chi connectivity index (χ0n) is 22.5. The molecule has 2 heterocycles. The number of likely N-dealkylation sites (tertiary alicyclic amines) is 1. The number of alkyl halides is 3. The first kappa shape index (κ1) is 28.8. The molecule has 8 nitrogen and oxygen atoms in total. The number of nitrogens with one attached hydrogen (secondary N) is 1. The number of benzene rings is 1. The number of nitrogens with two attached hydrogens (primary N) is 1. The van der Waals surface area contributed by atoms with Crippen LogP contribution < -0.4 is 15.8 Å². The van der Waals surface area contributed by atoms with Crippen LogP contribution in [0.15, 0.2) is 35.3 Å². The summed E-state index contributed by atoms with van der Waals surface area (Å²) in [6.45, 7) is 5.92. The van der Waals surface area contributed by atoms with Crippen molar-refractivity contribution in [2.45, 2.75) is 57.3 Å². The van der Waals surface area contributed by atoms with Crippen molar-refractivity contribution in [2.24, 2.45) is 16.8 Å². The molecule has 1 aliphatic carbocycles. The Morgan fingerprint density at radius 3 is 2.59 bits per heavy atom. The summed E-state index contributed by atoms with van der Waals surface area (Å²) < 4.78 is 45.5. The molecule has 4 N–H and O–H groups in total. The summed E-state index contributed by atoms with van der Waals surface area (Å²) in [7, 11) is 2.07. The molecule has 2 aliphatic rings. The first-order valence-corrected chi connectivity index (χ1v) is 13.2. The van der Waals surface area contributed by atoms with Crippen LogP contribution in [0.3, 0.4) is 0 Å². The molecule has 1 aliphatic heterocycles. The van der Waals surface area contributed by atoms with E-state index in [4.69, 9.17) is 10.5 Å². The summed E-state index contributed by atoms with van der Waals surface area (Å²) in [5.74, 6) is 0.0291. The molecule has 2 aromatic rings. The van der Waals surface area contributed by atoms with Crippen molar-refractivity contribution >= 4 is 23.5 Å². The number of nitrogen functional groups attached to an aromatic ring is 1. The molecule has 1 amide bonds. The van der Waals surface area contributed by atoms with Crippen molar-refractivity contribution in [1.29, 1.82) is 0 Å². The topological polar surface area (TPSA) is 113 Å². The van der Waals surface area contributed by atoms with Crippen LogP contribution in [0.5, 0.6) is 5.75 Å². The molecule has 1 aromatic heterocycles. The van der Waals surface area contributed by atoms with Gasteiger partial charge in [0.2, 0.25) is 0 Å². The second kappa shape index (κ2) is 11.5. The number of halogens is 3. The maximum atomic E-state index is 13.1. The number of carbonyl (C=O) groups is 1. The van der Waals surface area contributed by atoms with E-state index in [1.165, 1.54) is 6.07 Å². The van der Waals surface area contributed by atoms with Crippen LogP contribution in [-0.2, 0) is 6.18 Å². The fraction of sp³-hybridized carbons (Fsp3) is 0.536. The number of carbonyl (C=O) groups excluding carboxylic acids is 1. The molecule has 39 heavy (non-hydrogen) atoms. The molecular formula is C28H36F3N5O3. The van der Waals surface area contributed by atoms with Gasteiger partial charge in [-0.1, -0.05) is 6.07 Å². The first-order valence-electron chi connectivity index (χ1n) is 13.2. The number of pyridine rings is 1. The van der Waals surface area contributed by atoms with Gasteiger partial charge >= 0.3 is 6.18 Å². The van der Waals surface area contributed by atoms with E-state index in [1.54, 1.807) is 32.2 Å².